The van der Waals surface area contributed by atoms with Gasteiger partial charge < -0.3 is 19.9 Å². The predicted octanol–water partition coefficient (Wildman–Crippen LogP) is 0.981. The minimum atomic E-state index is 0.601. The molecule has 0 aliphatic heterocycles. The van der Waals surface area contributed by atoms with Crippen LogP contribution >= 0.6 is 0 Å². The van der Waals surface area contributed by atoms with Crippen LogP contribution in [0.2, 0.25) is 0 Å². The molecule has 0 atom stereocenters. The number of ether oxygens (including phenoxy) is 3. The van der Waals surface area contributed by atoms with Crippen LogP contribution in [0.4, 0.5) is 0 Å². The summed E-state index contributed by atoms with van der Waals surface area (Å²) in [6.07, 6.45) is 0. The van der Waals surface area contributed by atoms with Crippen molar-refractivity contribution in [3.8, 4) is 11.5 Å². The molecular weight excluding hydrogens is 244 g/mol. The molecule has 0 amide bonds. The first-order valence-electron chi connectivity index (χ1n) is 6.49. The van der Waals surface area contributed by atoms with E-state index in [1.54, 1.807) is 14.2 Å². The van der Waals surface area contributed by atoms with Gasteiger partial charge in [0, 0.05) is 33.3 Å². The predicted molar refractivity (Wildman–Crippen MR) is 75.9 cm³/mol. The van der Waals surface area contributed by atoms with Gasteiger partial charge in [0.25, 0.3) is 0 Å². The second kappa shape index (κ2) is 9.61. The summed E-state index contributed by atoms with van der Waals surface area (Å²) in [5, 5.41) is 0. The van der Waals surface area contributed by atoms with E-state index in [9.17, 15) is 0 Å². The highest BCUT2D eigenvalue weighted by atomic mass is 16.5. The molecule has 0 aliphatic carbocycles. The van der Waals surface area contributed by atoms with Crippen molar-refractivity contribution in [1.82, 2.24) is 4.90 Å². The molecule has 0 spiro atoms. The Morgan fingerprint density at radius 2 is 1.68 bits per heavy atom. The average molecular weight is 268 g/mol. The third-order valence-corrected chi connectivity index (χ3v) is 2.79. The number of para-hydroxylation sites is 2. The molecule has 2 N–H and O–H groups in total. The van der Waals surface area contributed by atoms with Gasteiger partial charge in [0.2, 0.25) is 0 Å². The number of rotatable bonds is 10. The van der Waals surface area contributed by atoms with Crippen molar-refractivity contribution in [3.63, 3.8) is 0 Å². The summed E-state index contributed by atoms with van der Waals surface area (Å²) < 4.78 is 16.0. The number of benzene rings is 1. The molecule has 0 radical (unpaired) electrons. The van der Waals surface area contributed by atoms with Crippen molar-refractivity contribution in [3.05, 3.63) is 24.3 Å². The second-order valence-electron chi connectivity index (χ2n) is 4.12. The quantitative estimate of drug-likeness (QED) is 0.685. The van der Waals surface area contributed by atoms with Crippen LogP contribution in [-0.4, -0.2) is 58.5 Å². The van der Waals surface area contributed by atoms with Gasteiger partial charge in [0.1, 0.15) is 6.61 Å². The minimum Gasteiger partial charge on any atom is -0.493 e. The van der Waals surface area contributed by atoms with Crippen molar-refractivity contribution in [2.45, 2.75) is 0 Å². The third-order valence-electron chi connectivity index (χ3n) is 2.79. The van der Waals surface area contributed by atoms with Crippen molar-refractivity contribution >= 4 is 0 Å². The summed E-state index contributed by atoms with van der Waals surface area (Å²) >= 11 is 0. The molecule has 5 heteroatoms. The molecule has 0 heterocycles. The fourth-order valence-corrected chi connectivity index (χ4v) is 1.76. The number of hydrogen-bond donors (Lipinski definition) is 1. The van der Waals surface area contributed by atoms with Crippen LogP contribution in [-0.2, 0) is 4.74 Å². The topological polar surface area (TPSA) is 57.0 Å². The van der Waals surface area contributed by atoms with Gasteiger partial charge in [-0.25, -0.2) is 0 Å². The SMILES string of the molecule is COCCN(CCN)CCOc1ccccc1OC. The van der Waals surface area contributed by atoms with Crippen LogP contribution in [0.5, 0.6) is 11.5 Å². The normalized spacial score (nSPS) is 10.7. The smallest absolute Gasteiger partial charge is 0.161 e. The molecule has 1 rings (SSSR count). The van der Waals surface area contributed by atoms with E-state index in [0.717, 1.165) is 31.1 Å². The summed E-state index contributed by atoms with van der Waals surface area (Å²) in [6.45, 7) is 4.47. The zero-order chi connectivity index (χ0) is 13.9. The lowest BCUT2D eigenvalue weighted by Gasteiger charge is -2.21. The Bertz CT molecular complexity index is 347. The molecule has 0 bridgehead atoms. The first-order chi connectivity index (χ1) is 9.31. The Balaban J connectivity index is 2.38. The van der Waals surface area contributed by atoms with Gasteiger partial charge in [-0.15, -0.1) is 0 Å². The molecule has 108 valence electrons. The van der Waals surface area contributed by atoms with Crippen LogP contribution in [0.15, 0.2) is 24.3 Å². The van der Waals surface area contributed by atoms with Crippen molar-refractivity contribution in [2.24, 2.45) is 5.73 Å². The molecule has 0 saturated carbocycles. The van der Waals surface area contributed by atoms with Gasteiger partial charge >= 0.3 is 0 Å². The molecule has 1 aromatic carbocycles. The maximum Gasteiger partial charge on any atom is 0.161 e. The number of nitrogens with two attached hydrogens (primary N) is 1. The summed E-state index contributed by atoms with van der Waals surface area (Å²) in [7, 11) is 3.34. The highest BCUT2D eigenvalue weighted by Crippen LogP contribution is 2.25. The van der Waals surface area contributed by atoms with E-state index in [4.69, 9.17) is 19.9 Å². The zero-order valence-corrected chi connectivity index (χ0v) is 11.8. The standard InChI is InChI=1S/C14H24N2O3/c1-17-11-9-16(8-7-15)10-12-19-14-6-4-3-5-13(14)18-2/h3-6H,7-12,15H2,1-2H3. The van der Waals surface area contributed by atoms with Crippen LogP contribution in [0.25, 0.3) is 0 Å². The number of hydrogen-bond acceptors (Lipinski definition) is 5. The highest BCUT2D eigenvalue weighted by Gasteiger charge is 2.06. The molecule has 1 aromatic rings. The maximum atomic E-state index is 5.74. The fourth-order valence-electron chi connectivity index (χ4n) is 1.76. The molecular formula is C14H24N2O3. The van der Waals surface area contributed by atoms with Crippen molar-refractivity contribution < 1.29 is 14.2 Å². The minimum absolute atomic E-state index is 0.601. The monoisotopic (exact) mass is 268 g/mol. The van der Waals surface area contributed by atoms with E-state index in [1.165, 1.54) is 0 Å². The lowest BCUT2D eigenvalue weighted by Crippen LogP contribution is -2.35. The third kappa shape index (κ3) is 5.92. The molecule has 0 aromatic heterocycles. The van der Waals surface area contributed by atoms with Gasteiger partial charge in [-0.1, -0.05) is 12.1 Å². The van der Waals surface area contributed by atoms with E-state index in [1.807, 2.05) is 24.3 Å². The summed E-state index contributed by atoms with van der Waals surface area (Å²) in [6, 6.07) is 7.64. The Labute approximate surface area is 115 Å². The van der Waals surface area contributed by atoms with Crippen LogP contribution in [0, 0.1) is 0 Å². The van der Waals surface area contributed by atoms with Crippen LogP contribution in [0.1, 0.15) is 0 Å². The molecule has 0 fully saturated rings. The Hall–Kier alpha value is -1.30. The van der Waals surface area contributed by atoms with E-state index in [2.05, 4.69) is 4.90 Å². The van der Waals surface area contributed by atoms with Gasteiger partial charge in [0.15, 0.2) is 11.5 Å². The van der Waals surface area contributed by atoms with E-state index in [-0.39, 0.29) is 0 Å². The molecule has 0 saturated heterocycles. The lowest BCUT2D eigenvalue weighted by molar-refractivity contribution is 0.136. The van der Waals surface area contributed by atoms with Crippen LogP contribution < -0.4 is 15.2 Å². The lowest BCUT2D eigenvalue weighted by atomic mass is 10.3. The highest BCUT2D eigenvalue weighted by molar-refractivity contribution is 5.39. The van der Waals surface area contributed by atoms with Gasteiger partial charge in [-0.3, -0.25) is 4.90 Å². The molecule has 0 unspecified atom stereocenters. The maximum absolute atomic E-state index is 5.74. The number of methoxy groups -OCH3 is 2. The average Bonchev–Trinajstić information content (AvgIpc) is 2.45. The Morgan fingerprint density at radius 3 is 2.32 bits per heavy atom. The summed E-state index contributed by atoms with van der Waals surface area (Å²) in [5.74, 6) is 1.52. The summed E-state index contributed by atoms with van der Waals surface area (Å²) in [4.78, 5) is 2.22. The van der Waals surface area contributed by atoms with Crippen LogP contribution in [0.3, 0.4) is 0 Å². The number of nitrogens with zero attached hydrogens (tertiary/aromatic N) is 1. The van der Waals surface area contributed by atoms with Gasteiger partial charge in [-0.05, 0) is 12.1 Å². The zero-order valence-electron chi connectivity index (χ0n) is 11.8. The van der Waals surface area contributed by atoms with Crippen molar-refractivity contribution in [1.29, 1.82) is 0 Å². The Morgan fingerprint density at radius 1 is 1.00 bits per heavy atom. The first kappa shape index (κ1) is 15.8. The van der Waals surface area contributed by atoms with Gasteiger partial charge in [-0.2, -0.15) is 0 Å². The van der Waals surface area contributed by atoms with E-state index < -0.39 is 0 Å². The summed E-state index contributed by atoms with van der Waals surface area (Å²) in [5.41, 5.74) is 5.59. The first-order valence-corrected chi connectivity index (χ1v) is 6.49. The van der Waals surface area contributed by atoms with E-state index in [0.29, 0.717) is 19.8 Å². The molecule has 5 nitrogen and oxygen atoms in total. The van der Waals surface area contributed by atoms with Crippen molar-refractivity contribution in [2.75, 3.05) is 53.6 Å². The van der Waals surface area contributed by atoms with E-state index >= 15 is 0 Å². The molecule has 0 aliphatic rings. The second-order valence-corrected chi connectivity index (χ2v) is 4.12. The fraction of sp³-hybridized carbons (Fsp3) is 0.571. The largest absolute Gasteiger partial charge is 0.493 e. The Kier molecular flexibility index (Phi) is 7.97. The van der Waals surface area contributed by atoms with Gasteiger partial charge in [0.05, 0.1) is 13.7 Å². The molecule has 19 heavy (non-hydrogen) atoms.